The minimum atomic E-state index is 0.287. The Hall–Kier alpha value is -0.770. The quantitative estimate of drug-likeness (QED) is 0.808. The van der Waals surface area contributed by atoms with Crippen molar-refractivity contribution in [2.75, 3.05) is 7.11 Å². The Kier molecular flexibility index (Phi) is 4.39. The molecule has 4 heteroatoms. The molecule has 0 saturated heterocycles. The highest BCUT2D eigenvalue weighted by molar-refractivity contribution is 6.32. The third-order valence-electron chi connectivity index (χ3n) is 2.26. The summed E-state index contributed by atoms with van der Waals surface area (Å²) in [6, 6.07) is 3.93. The van der Waals surface area contributed by atoms with Crippen LogP contribution in [-0.4, -0.2) is 7.11 Å². The number of ether oxygens (including phenoxy) is 1. The van der Waals surface area contributed by atoms with Crippen LogP contribution in [0.2, 0.25) is 5.02 Å². The van der Waals surface area contributed by atoms with Crippen molar-refractivity contribution >= 4 is 11.6 Å². The highest BCUT2D eigenvalue weighted by Crippen LogP contribution is 2.32. The van der Waals surface area contributed by atoms with Crippen molar-refractivity contribution in [1.29, 1.82) is 0 Å². The summed E-state index contributed by atoms with van der Waals surface area (Å²) in [5, 5.41) is 0.562. The van der Waals surface area contributed by atoms with Crippen molar-refractivity contribution in [1.82, 2.24) is 0 Å². The maximum absolute atomic E-state index is 6.10. The van der Waals surface area contributed by atoms with E-state index in [0.717, 1.165) is 11.1 Å². The Bertz CT molecular complexity index is 340. The van der Waals surface area contributed by atoms with Crippen LogP contribution in [0, 0.1) is 0 Å². The zero-order valence-electron chi connectivity index (χ0n) is 9.21. The first-order chi connectivity index (χ1) is 7.10. The van der Waals surface area contributed by atoms with Crippen LogP contribution in [0.4, 0.5) is 0 Å². The van der Waals surface area contributed by atoms with E-state index in [1.54, 1.807) is 7.11 Å². The van der Waals surface area contributed by atoms with Gasteiger partial charge in [-0.3, -0.25) is 4.84 Å². The van der Waals surface area contributed by atoms with Gasteiger partial charge in [0.1, 0.15) is 5.75 Å². The molecule has 1 aromatic carbocycles. The van der Waals surface area contributed by atoms with Crippen LogP contribution in [0.3, 0.4) is 0 Å². The molecule has 3 nitrogen and oxygen atoms in total. The SMILES string of the molecule is COc1cc(C(C)C)cc(CON)c1Cl. The smallest absolute Gasteiger partial charge is 0.138 e. The summed E-state index contributed by atoms with van der Waals surface area (Å²) in [5.41, 5.74) is 2.01. The van der Waals surface area contributed by atoms with E-state index in [1.165, 1.54) is 0 Å². The molecule has 0 saturated carbocycles. The topological polar surface area (TPSA) is 44.5 Å². The molecule has 0 fully saturated rings. The van der Waals surface area contributed by atoms with Crippen LogP contribution in [0.25, 0.3) is 0 Å². The molecule has 0 aliphatic rings. The van der Waals surface area contributed by atoms with E-state index in [0.29, 0.717) is 16.7 Å². The third kappa shape index (κ3) is 2.84. The van der Waals surface area contributed by atoms with Crippen LogP contribution in [0.5, 0.6) is 5.75 Å². The van der Waals surface area contributed by atoms with Gasteiger partial charge in [0.05, 0.1) is 18.7 Å². The molecule has 84 valence electrons. The molecule has 15 heavy (non-hydrogen) atoms. The van der Waals surface area contributed by atoms with E-state index >= 15 is 0 Å². The van der Waals surface area contributed by atoms with Crippen LogP contribution < -0.4 is 10.6 Å². The largest absolute Gasteiger partial charge is 0.495 e. The van der Waals surface area contributed by atoms with Crippen LogP contribution in [0.1, 0.15) is 30.9 Å². The normalized spacial score (nSPS) is 10.8. The van der Waals surface area contributed by atoms with Crippen LogP contribution in [-0.2, 0) is 11.4 Å². The first-order valence-electron chi connectivity index (χ1n) is 4.78. The summed E-state index contributed by atoms with van der Waals surface area (Å²) >= 11 is 6.10. The Balaban J connectivity index is 3.19. The predicted octanol–water partition coefficient (Wildman–Crippen LogP) is 2.86. The summed E-state index contributed by atoms with van der Waals surface area (Å²) < 4.78 is 5.19. The number of nitrogens with two attached hydrogens (primary N) is 1. The van der Waals surface area contributed by atoms with Gasteiger partial charge in [0.2, 0.25) is 0 Å². The average Bonchev–Trinajstić information content (AvgIpc) is 2.21. The van der Waals surface area contributed by atoms with Gasteiger partial charge in [0.25, 0.3) is 0 Å². The van der Waals surface area contributed by atoms with E-state index in [1.807, 2.05) is 12.1 Å². The fourth-order valence-corrected chi connectivity index (χ4v) is 1.60. The molecule has 0 aromatic heterocycles. The molecular formula is C11H16ClNO2. The number of hydrogen-bond acceptors (Lipinski definition) is 3. The van der Waals surface area contributed by atoms with Gasteiger partial charge in [-0.25, -0.2) is 5.90 Å². The molecule has 0 bridgehead atoms. The Morgan fingerprint density at radius 2 is 2.07 bits per heavy atom. The number of halogens is 1. The second kappa shape index (κ2) is 5.35. The Labute approximate surface area is 95.1 Å². The lowest BCUT2D eigenvalue weighted by molar-refractivity contribution is 0.124. The van der Waals surface area contributed by atoms with Gasteiger partial charge in [-0.1, -0.05) is 31.5 Å². The van der Waals surface area contributed by atoms with Gasteiger partial charge in [-0.2, -0.15) is 0 Å². The van der Waals surface area contributed by atoms with Crippen molar-refractivity contribution in [2.45, 2.75) is 26.4 Å². The molecule has 0 aliphatic heterocycles. The summed E-state index contributed by atoms with van der Waals surface area (Å²) in [4.78, 5) is 4.60. The van der Waals surface area contributed by atoms with Gasteiger partial charge < -0.3 is 4.74 Å². The Morgan fingerprint density at radius 3 is 2.53 bits per heavy atom. The molecule has 0 amide bonds. The van der Waals surface area contributed by atoms with Gasteiger partial charge in [-0.15, -0.1) is 0 Å². The van der Waals surface area contributed by atoms with Gasteiger partial charge in [0.15, 0.2) is 0 Å². The third-order valence-corrected chi connectivity index (χ3v) is 2.69. The van der Waals surface area contributed by atoms with Gasteiger partial charge in [0, 0.05) is 5.56 Å². The second-order valence-electron chi connectivity index (χ2n) is 3.66. The summed E-state index contributed by atoms with van der Waals surface area (Å²) in [5.74, 6) is 6.12. The predicted molar refractivity (Wildman–Crippen MR) is 61.1 cm³/mol. The maximum atomic E-state index is 6.10. The molecule has 0 spiro atoms. The fourth-order valence-electron chi connectivity index (χ4n) is 1.36. The molecule has 1 rings (SSSR count). The van der Waals surface area contributed by atoms with Gasteiger partial charge in [-0.05, 0) is 17.5 Å². The summed E-state index contributed by atoms with van der Waals surface area (Å²) in [7, 11) is 1.60. The van der Waals surface area contributed by atoms with Crippen molar-refractivity contribution in [3.8, 4) is 5.75 Å². The highest BCUT2D eigenvalue weighted by atomic mass is 35.5. The van der Waals surface area contributed by atoms with E-state index in [4.69, 9.17) is 22.2 Å². The monoisotopic (exact) mass is 229 g/mol. The van der Waals surface area contributed by atoms with E-state index in [9.17, 15) is 0 Å². The molecular weight excluding hydrogens is 214 g/mol. The van der Waals surface area contributed by atoms with E-state index in [2.05, 4.69) is 18.7 Å². The van der Waals surface area contributed by atoms with E-state index in [-0.39, 0.29) is 6.61 Å². The van der Waals surface area contributed by atoms with Crippen LogP contribution in [0.15, 0.2) is 12.1 Å². The molecule has 0 radical (unpaired) electrons. The lowest BCUT2D eigenvalue weighted by Gasteiger charge is -2.13. The zero-order chi connectivity index (χ0) is 11.4. The minimum absolute atomic E-state index is 0.287. The first-order valence-corrected chi connectivity index (χ1v) is 5.16. The summed E-state index contributed by atoms with van der Waals surface area (Å²) in [6.07, 6.45) is 0. The second-order valence-corrected chi connectivity index (χ2v) is 4.04. The van der Waals surface area contributed by atoms with Crippen molar-refractivity contribution in [2.24, 2.45) is 5.90 Å². The zero-order valence-corrected chi connectivity index (χ0v) is 9.97. The average molecular weight is 230 g/mol. The number of methoxy groups -OCH3 is 1. The first kappa shape index (κ1) is 12.3. The Morgan fingerprint density at radius 1 is 1.40 bits per heavy atom. The molecule has 1 aromatic rings. The minimum Gasteiger partial charge on any atom is -0.495 e. The number of hydrogen-bond donors (Lipinski definition) is 1. The molecule has 0 unspecified atom stereocenters. The number of benzene rings is 1. The lowest BCUT2D eigenvalue weighted by Crippen LogP contribution is -2.02. The van der Waals surface area contributed by atoms with Crippen molar-refractivity contribution < 1.29 is 9.57 Å². The lowest BCUT2D eigenvalue weighted by atomic mass is 10.0. The number of rotatable bonds is 4. The van der Waals surface area contributed by atoms with Crippen molar-refractivity contribution in [3.05, 3.63) is 28.3 Å². The van der Waals surface area contributed by atoms with Crippen LogP contribution >= 0.6 is 11.6 Å². The molecule has 0 atom stereocenters. The maximum Gasteiger partial charge on any atom is 0.138 e. The standard InChI is InChI=1S/C11H16ClNO2/c1-7(2)8-4-9(6-15-13)11(12)10(5-8)14-3/h4-5,7H,6,13H2,1-3H3. The molecule has 0 aliphatic carbocycles. The fraction of sp³-hybridized carbons (Fsp3) is 0.455. The summed E-state index contributed by atoms with van der Waals surface area (Å²) in [6.45, 7) is 4.50. The molecule has 2 N–H and O–H groups in total. The van der Waals surface area contributed by atoms with E-state index < -0.39 is 0 Å². The highest BCUT2D eigenvalue weighted by Gasteiger charge is 2.11. The van der Waals surface area contributed by atoms with Crippen molar-refractivity contribution in [3.63, 3.8) is 0 Å². The van der Waals surface area contributed by atoms with Gasteiger partial charge >= 0.3 is 0 Å². The molecule has 0 heterocycles.